The van der Waals surface area contributed by atoms with Gasteiger partial charge in [0.2, 0.25) is 0 Å². The van der Waals surface area contributed by atoms with Gasteiger partial charge >= 0.3 is 0 Å². The van der Waals surface area contributed by atoms with Gasteiger partial charge in [0, 0.05) is 49.7 Å². The Bertz CT molecular complexity index is 1230. The molecule has 0 radical (unpaired) electrons. The van der Waals surface area contributed by atoms with Crippen LogP contribution in [0.25, 0.3) is 0 Å². The molecule has 6 nitrogen and oxygen atoms in total. The van der Waals surface area contributed by atoms with Crippen molar-refractivity contribution in [1.29, 1.82) is 0 Å². The Morgan fingerprint density at radius 1 is 1.00 bits per heavy atom. The Labute approximate surface area is 199 Å². The molecule has 2 aromatic carbocycles. The van der Waals surface area contributed by atoms with Crippen LogP contribution < -0.4 is 4.74 Å². The van der Waals surface area contributed by atoms with Crippen LogP contribution in [0.5, 0.6) is 5.75 Å². The van der Waals surface area contributed by atoms with Gasteiger partial charge in [-0.05, 0) is 47.9 Å². The van der Waals surface area contributed by atoms with Crippen LogP contribution >= 0.6 is 0 Å². The number of hydrogen-bond donors (Lipinski definition) is 1. The molecule has 0 fully saturated rings. The van der Waals surface area contributed by atoms with Gasteiger partial charge in [0.25, 0.3) is 5.91 Å². The maximum Gasteiger partial charge on any atom is 0.257 e. The van der Waals surface area contributed by atoms with E-state index in [0.717, 1.165) is 30.6 Å². The van der Waals surface area contributed by atoms with E-state index in [1.165, 1.54) is 11.1 Å². The summed E-state index contributed by atoms with van der Waals surface area (Å²) in [4.78, 5) is 21.2. The number of nitrogens with zero attached hydrogens (tertiary/aromatic N) is 3. The number of hydrogen-bond acceptors (Lipinski definition) is 5. The topological polar surface area (TPSA) is 65.9 Å². The number of aliphatic hydroxyl groups excluding tert-OH is 1. The molecule has 34 heavy (non-hydrogen) atoms. The second kappa shape index (κ2) is 10.1. The molecule has 1 aromatic heterocycles. The Morgan fingerprint density at radius 3 is 2.71 bits per heavy atom. The first-order valence-electron chi connectivity index (χ1n) is 11.6. The van der Waals surface area contributed by atoms with Crippen molar-refractivity contribution in [3.8, 4) is 17.6 Å². The highest BCUT2D eigenvalue weighted by atomic mass is 16.5. The van der Waals surface area contributed by atoms with Crippen LogP contribution in [-0.4, -0.2) is 64.7 Å². The van der Waals surface area contributed by atoms with Crippen molar-refractivity contribution in [3.63, 3.8) is 0 Å². The Morgan fingerprint density at radius 2 is 1.85 bits per heavy atom. The molecule has 6 heteroatoms. The number of carbonyl (C=O) groups is 1. The second-order valence-electron chi connectivity index (χ2n) is 8.71. The zero-order chi connectivity index (χ0) is 23.3. The largest absolute Gasteiger partial charge is 0.491 e. The van der Waals surface area contributed by atoms with Crippen molar-refractivity contribution in [2.75, 3.05) is 32.8 Å². The van der Waals surface area contributed by atoms with E-state index in [9.17, 15) is 9.90 Å². The van der Waals surface area contributed by atoms with E-state index in [2.05, 4.69) is 46.0 Å². The van der Waals surface area contributed by atoms with Gasteiger partial charge in [-0.3, -0.25) is 14.7 Å². The standard InChI is InChI=1S/C28H27N3O3/c32-25(19-30-13-11-23-5-1-2-6-24(23)18-30)20-31-14-15-34-27-16-21(9-10-26(27)28(31)33)7-8-22-4-3-12-29-17-22/h1-6,9-10,12,16-17,25,32H,11,13-15,18-20H2/t25-/m1/s1. The summed E-state index contributed by atoms with van der Waals surface area (Å²) in [6.45, 7) is 3.37. The first kappa shape index (κ1) is 22.1. The molecule has 0 bridgehead atoms. The lowest BCUT2D eigenvalue weighted by Crippen LogP contribution is -2.44. The van der Waals surface area contributed by atoms with E-state index in [1.54, 1.807) is 23.4 Å². The molecule has 1 amide bonds. The van der Waals surface area contributed by atoms with Gasteiger partial charge in [0.15, 0.2) is 0 Å². The highest BCUT2D eigenvalue weighted by Gasteiger charge is 2.27. The molecule has 3 heterocycles. The lowest BCUT2D eigenvalue weighted by molar-refractivity contribution is 0.0501. The predicted molar refractivity (Wildman–Crippen MR) is 129 cm³/mol. The first-order valence-corrected chi connectivity index (χ1v) is 11.6. The fourth-order valence-electron chi connectivity index (χ4n) is 4.51. The molecular weight excluding hydrogens is 426 g/mol. The number of benzene rings is 2. The normalized spacial score (nSPS) is 16.4. The molecule has 0 aliphatic carbocycles. The Balaban J connectivity index is 1.23. The van der Waals surface area contributed by atoms with Crippen molar-refractivity contribution in [2.45, 2.75) is 19.1 Å². The number of carbonyl (C=O) groups excluding carboxylic acids is 1. The minimum atomic E-state index is -0.625. The van der Waals surface area contributed by atoms with Gasteiger partial charge in [-0.2, -0.15) is 0 Å². The van der Waals surface area contributed by atoms with E-state index < -0.39 is 6.10 Å². The molecule has 0 spiro atoms. The van der Waals surface area contributed by atoms with E-state index in [0.29, 0.717) is 31.0 Å². The minimum Gasteiger partial charge on any atom is -0.491 e. The van der Waals surface area contributed by atoms with E-state index >= 15 is 0 Å². The van der Waals surface area contributed by atoms with Gasteiger partial charge in [-0.15, -0.1) is 0 Å². The maximum atomic E-state index is 13.2. The molecule has 1 N–H and O–H groups in total. The fraction of sp³-hybridized carbons (Fsp3) is 0.286. The lowest BCUT2D eigenvalue weighted by atomic mass is 10.00. The zero-order valence-electron chi connectivity index (χ0n) is 19.0. The van der Waals surface area contributed by atoms with Crippen LogP contribution in [0, 0.1) is 11.8 Å². The van der Waals surface area contributed by atoms with Crippen LogP contribution in [0.1, 0.15) is 32.6 Å². The zero-order valence-corrected chi connectivity index (χ0v) is 19.0. The third-order valence-electron chi connectivity index (χ3n) is 6.24. The molecule has 2 aliphatic heterocycles. The molecule has 3 aromatic rings. The molecule has 0 saturated heterocycles. The summed E-state index contributed by atoms with van der Waals surface area (Å²) in [5.41, 5.74) is 4.80. The minimum absolute atomic E-state index is 0.123. The number of amides is 1. The predicted octanol–water partition coefficient (Wildman–Crippen LogP) is 2.74. The van der Waals surface area contributed by atoms with Gasteiger partial charge in [0.1, 0.15) is 12.4 Å². The molecule has 2 aliphatic rings. The fourth-order valence-corrected chi connectivity index (χ4v) is 4.51. The van der Waals surface area contributed by atoms with Gasteiger partial charge in [-0.1, -0.05) is 36.1 Å². The number of rotatable bonds is 4. The van der Waals surface area contributed by atoms with Gasteiger partial charge in [0.05, 0.1) is 18.2 Å². The third kappa shape index (κ3) is 5.12. The smallest absolute Gasteiger partial charge is 0.257 e. The van der Waals surface area contributed by atoms with Crippen molar-refractivity contribution in [2.24, 2.45) is 0 Å². The summed E-state index contributed by atoms with van der Waals surface area (Å²) in [5, 5.41) is 10.8. The average molecular weight is 454 g/mol. The van der Waals surface area contributed by atoms with E-state index in [4.69, 9.17) is 4.74 Å². The summed E-state index contributed by atoms with van der Waals surface area (Å²) in [7, 11) is 0. The van der Waals surface area contributed by atoms with Crippen molar-refractivity contribution in [3.05, 3.63) is 94.8 Å². The van der Waals surface area contributed by atoms with Crippen LogP contribution in [-0.2, 0) is 13.0 Å². The number of aromatic nitrogens is 1. The summed E-state index contributed by atoms with van der Waals surface area (Å²) in [6, 6.07) is 17.6. The average Bonchev–Trinajstić information content (AvgIpc) is 3.01. The summed E-state index contributed by atoms with van der Waals surface area (Å²) < 4.78 is 5.88. The van der Waals surface area contributed by atoms with Gasteiger partial charge < -0.3 is 14.7 Å². The second-order valence-corrected chi connectivity index (χ2v) is 8.71. The quantitative estimate of drug-likeness (QED) is 0.616. The number of aliphatic hydroxyl groups is 1. The summed E-state index contributed by atoms with van der Waals surface area (Å²) in [6.07, 6.45) is 3.78. The first-order chi connectivity index (χ1) is 16.7. The van der Waals surface area contributed by atoms with Crippen molar-refractivity contribution < 1.29 is 14.6 Å². The van der Waals surface area contributed by atoms with Crippen molar-refractivity contribution in [1.82, 2.24) is 14.8 Å². The highest BCUT2D eigenvalue weighted by Crippen LogP contribution is 2.25. The number of β-amino-alcohol motifs (C(OH)–C–C–N with tert-alkyl or cyclic N) is 1. The van der Waals surface area contributed by atoms with E-state index in [-0.39, 0.29) is 12.5 Å². The number of fused-ring (bicyclic) bond motifs is 2. The molecule has 0 saturated carbocycles. The van der Waals surface area contributed by atoms with Crippen LogP contribution in [0.2, 0.25) is 0 Å². The molecule has 0 unspecified atom stereocenters. The van der Waals surface area contributed by atoms with Crippen LogP contribution in [0.4, 0.5) is 0 Å². The number of pyridine rings is 1. The molecule has 1 atom stereocenters. The third-order valence-corrected chi connectivity index (χ3v) is 6.24. The summed E-state index contributed by atoms with van der Waals surface area (Å²) >= 11 is 0. The maximum absolute atomic E-state index is 13.2. The van der Waals surface area contributed by atoms with Crippen molar-refractivity contribution >= 4 is 5.91 Å². The van der Waals surface area contributed by atoms with Crippen LogP contribution in [0.15, 0.2) is 67.0 Å². The lowest BCUT2D eigenvalue weighted by Gasteiger charge is -2.32. The molecule has 172 valence electrons. The molecular formula is C28H27N3O3. The Hall–Kier alpha value is -3.66. The summed E-state index contributed by atoms with van der Waals surface area (Å²) in [5.74, 6) is 6.59. The Kier molecular flexibility index (Phi) is 6.57. The van der Waals surface area contributed by atoms with E-state index in [1.807, 2.05) is 24.3 Å². The van der Waals surface area contributed by atoms with Gasteiger partial charge in [-0.25, -0.2) is 0 Å². The van der Waals surface area contributed by atoms with Crippen LogP contribution in [0.3, 0.4) is 0 Å². The monoisotopic (exact) mass is 453 g/mol. The number of ether oxygens (including phenoxy) is 1. The molecule has 5 rings (SSSR count). The SMILES string of the molecule is O=C1c2ccc(C#Cc3cccnc3)cc2OCCN1C[C@H](O)CN1CCc2ccccc2C1. The highest BCUT2D eigenvalue weighted by molar-refractivity contribution is 5.97.